The van der Waals surface area contributed by atoms with Gasteiger partial charge in [0, 0.05) is 22.6 Å². The fourth-order valence-corrected chi connectivity index (χ4v) is 3.34. The first kappa shape index (κ1) is 24.0. The van der Waals surface area contributed by atoms with E-state index in [2.05, 4.69) is 12.2 Å². The third-order valence-electron chi connectivity index (χ3n) is 4.65. The van der Waals surface area contributed by atoms with E-state index in [1.807, 2.05) is 38.1 Å². The number of hydrogen-bond acceptors (Lipinski definition) is 3. The van der Waals surface area contributed by atoms with E-state index in [1.54, 1.807) is 25.1 Å². The molecule has 0 aromatic heterocycles. The summed E-state index contributed by atoms with van der Waals surface area (Å²) in [4.78, 5) is 27.0. The molecule has 0 saturated heterocycles. The monoisotopic (exact) mass is 450 g/mol. The van der Waals surface area contributed by atoms with E-state index in [-0.39, 0.29) is 31.0 Å². The Balaban J connectivity index is 2.17. The molecule has 1 atom stereocenters. The summed E-state index contributed by atoms with van der Waals surface area (Å²) in [6.45, 7) is 7.49. The van der Waals surface area contributed by atoms with Crippen molar-refractivity contribution in [3.63, 3.8) is 0 Å². The van der Waals surface area contributed by atoms with Gasteiger partial charge >= 0.3 is 0 Å². The van der Waals surface area contributed by atoms with Crippen LogP contribution < -0.4 is 10.1 Å². The minimum Gasteiger partial charge on any atom is -0.484 e. The standard InChI is InChI=1S/C23H28Cl2N2O3/c1-5-17-6-10-20(11-7-17)30-14-22(28)27(16(4)23(29)26-15(2)3)13-18-8-9-19(24)12-21(18)25/h6-12,15-16H,5,13-14H2,1-4H3,(H,26,29)/t16-/m0/s1. The minimum atomic E-state index is -0.697. The van der Waals surface area contributed by atoms with Crippen LogP contribution in [0.5, 0.6) is 5.75 Å². The maximum atomic E-state index is 13.0. The fourth-order valence-electron chi connectivity index (χ4n) is 2.87. The predicted molar refractivity (Wildman–Crippen MR) is 121 cm³/mol. The van der Waals surface area contributed by atoms with Crippen molar-refractivity contribution < 1.29 is 14.3 Å². The van der Waals surface area contributed by atoms with E-state index in [0.717, 1.165) is 6.42 Å². The molecule has 0 bridgehead atoms. The normalized spacial score (nSPS) is 11.8. The first-order chi connectivity index (χ1) is 14.2. The highest BCUT2D eigenvalue weighted by molar-refractivity contribution is 6.35. The van der Waals surface area contributed by atoms with Gasteiger partial charge in [0.2, 0.25) is 5.91 Å². The molecule has 2 aromatic rings. The third kappa shape index (κ3) is 6.92. The number of rotatable bonds is 9. The molecule has 162 valence electrons. The van der Waals surface area contributed by atoms with E-state index in [1.165, 1.54) is 10.5 Å². The van der Waals surface area contributed by atoms with Gasteiger partial charge in [-0.1, -0.05) is 48.3 Å². The minimum absolute atomic E-state index is 0.0376. The number of nitrogens with zero attached hydrogens (tertiary/aromatic N) is 1. The summed E-state index contributed by atoms with van der Waals surface area (Å²) >= 11 is 12.3. The Labute approximate surface area is 188 Å². The second-order valence-electron chi connectivity index (χ2n) is 7.38. The maximum absolute atomic E-state index is 13.0. The molecule has 2 rings (SSSR count). The van der Waals surface area contributed by atoms with Gasteiger partial charge in [0.15, 0.2) is 6.61 Å². The molecule has 0 aliphatic carbocycles. The number of hydrogen-bond donors (Lipinski definition) is 1. The Kier molecular flexibility index (Phi) is 9.00. The van der Waals surface area contributed by atoms with Gasteiger partial charge in [0.05, 0.1) is 0 Å². The van der Waals surface area contributed by atoms with Crippen LogP contribution >= 0.6 is 23.2 Å². The number of amides is 2. The second kappa shape index (κ2) is 11.2. The van der Waals surface area contributed by atoms with E-state index in [0.29, 0.717) is 21.4 Å². The van der Waals surface area contributed by atoms with Crippen LogP contribution in [0.2, 0.25) is 10.0 Å². The van der Waals surface area contributed by atoms with Gasteiger partial charge in [-0.15, -0.1) is 0 Å². The van der Waals surface area contributed by atoms with Crippen LogP contribution in [0.3, 0.4) is 0 Å². The maximum Gasteiger partial charge on any atom is 0.261 e. The summed E-state index contributed by atoms with van der Waals surface area (Å²) in [6, 6.07) is 11.9. The van der Waals surface area contributed by atoms with Gasteiger partial charge in [-0.25, -0.2) is 0 Å². The number of halogens is 2. The van der Waals surface area contributed by atoms with Crippen molar-refractivity contribution in [2.75, 3.05) is 6.61 Å². The van der Waals surface area contributed by atoms with E-state index in [9.17, 15) is 9.59 Å². The molecule has 0 unspecified atom stereocenters. The van der Waals surface area contributed by atoms with Crippen LogP contribution in [0.4, 0.5) is 0 Å². The number of aryl methyl sites for hydroxylation is 1. The zero-order valence-corrected chi connectivity index (χ0v) is 19.3. The topological polar surface area (TPSA) is 58.6 Å². The Bertz CT molecular complexity index is 869. The van der Waals surface area contributed by atoms with Crippen LogP contribution in [-0.4, -0.2) is 35.4 Å². The number of carbonyl (C=O) groups excluding carboxylic acids is 2. The molecular weight excluding hydrogens is 423 g/mol. The second-order valence-corrected chi connectivity index (χ2v) is 8.23. The average Bonchev–Trinajstić information content (AvgIpc) is 2.71. The van der Waals surface area contributed by atoms with Crippen molar-refractivity contribution in [2.45, 2.75) is 52.7 Å². The number of ether oxygens (including phenoxy) is 1. The molecule has 2 amide bonds. The summed E-state index contributed by atoms with van der Waals surface area (Å²) in [5.74, 6) is 0.0482. The number of nitrogens with one attached hydrogen (secondary N) is 1. The molecule has 2 aromatic carbocycles. The van der Waals surface area contributed by atoms with Crippen LogP contribution in [0.25, 0.3) is 0 Å². The lowest BCUT2D eigenvalue weighted by Gasteiger charge is -2.29. The van der Waals surface area contributed by atoms with Gasteiger partial charge in [0.1, 0.15) is 11.8 Å². The van der Waals surface area contributed by atoms with Gasteiger partial charge in [-0.05, 0) is 62.6 Å². The van der Waals surface area contributed by atoms with Gasteiger partial charge in [-0.2, -0.15) is 0 Å². The largest absolute Gasteiger partial charge is 0.484 e. The van der Waals surface area contributed by atoms with Crippen LogP contribution in [0, 0.1) is 0 Å². The predicted octanol–water partition coefficient (Wildman–Crippen LogP) is 4.88. The molecular formula is C23H28Cl2N2O3. The van der Waals surface area contributed by atoms with E-state index in [4.69, 9.17) is 27.9 Å². The van der Waals surface area contributed by atoms with Crippen LogP contribution in [0.15, 0.2) is 42.5 Å². The Morgan fingerprint density at radius 1 is 1.07 bits per heavy atom. The van der Waals surface area contributed by atoms with Crippen LogP contribution in [-0.2, 0) is 22.6 Å². The molecule has 1 N–H and O–H groups in total. The van der Waals surface area contributed by atoms with Crippen LogP contribution in [0.1, 0.15) is 38.8 Å². The zero-order valence-electron chi connectivity index (χ0n) is 17.7. The summed E-state index contributed by atoms with van der Waals surface area (Å²) < 4.78 is 5.67. The van der Waals surface area contributed by atoms with Crippen molar-refractivity contribution in [3.05, 3.63) is 63.6 Å². The summed E-state index contributed by atoms with van der Waals surface area (Å²) in [5, 5.41) is 3.79. The van der Waals surface area contributed by atoms with E-state index < -0.39 is 6.04 Å². The molecule has 0 radical (unpaired) electrons. The first-order valence-electron chi connectivity index (χ1n) is 9.96. The zero-order chi connectivity index (χ0) is 22.3. The van der Waals surface area contributed by atoms with Crippen molar-refractivity contribution in [3.8, 4) is 5.75 Å². The molecule has 0 spiro atoms. The fraction of sp³-hybridized carbons (Fsp3) is 0.391. The van der Waals surface area contributed by atoms with Crippen molar-refractivity contribution >= 4 is 35.0 Å². The lowest BCUT2D eigenvalue weighted by atomic mass is 10.1. The highest BCUT2D eigenvalue weighted by Gasteiger charge is 2.27. The molecule has 7 heteroatoms. The summed E-state index contributed by atoms with van der Waals surface area (Å²) in [5.41, 5.74) is 1.89. The quantitative estimate of drug-likeness (QED) is 0.592. The van der Waals surface area contributed by atoms with Gasteiger partial charge in [-0.3, -0.25) is 9.59 Å². The van der Waals surface area contributed by atoms with Gasteiger partial charge < -0.3 is 15.0 Å². The smallest absolute Gasteiger partial charge is 0.261 e. The summed E-state index contributed by atoms with van der Waals surface area (Å²) in [6.07, 6.45) is 0.928. The first-order valence-corrected chi connectivity index (χ1v) is 10.7. The molecule has 30 heavy (non-hydrogen) atoms. The highest BCUT2D eigenvalue weighted by atomic mass is 35.5. The van der Waals surface area contributed by atoms with Gasteiger partial charge in [0.25, 0.3) is 5.91 Å². The van der Waals surface area contributed by atoms with Crippen molar-refractivity contribution in [2.24, 2.45) is 0 Å². The lowest BCUT2D eigenvalue weighted by Crippen LogP contribution is -2.50. The molecule has 0 aliphatic rings. The van der Waals surface area contributed by atoms with Crippen molar-refractivity contribution in [1.82, 2.24) is 10.2 Å². The summed E-state index contributed by atoms with van der Waals surface area (Å²) in [7, 11) is 0. The molecule has 0 saturated carbocycles. The molecule has 0 heterocycles. The molecule has 5 nitrogen and oxygen atoms in total. The Hall–Kier alpha value is -2.24. The Morgan fingerprint density at radius 2 is 1.73 bits per heavy atom. The highest BCUT2D eigenvalue weighted by Crippen LogP contribution is 2.23. The molecule has 0 aliphatic heterocycles. The average molecular weight is 451 g/mol. The van der Waals surface area contributed by atoms with Crippen molar-refractivity contribution in [1.29, 1.82) is 0 Å². The molecule has 0 fully saturated rings. The van der Waals surface area contributed by atoms with E-state index >= 15 is 0 Å². The third-order valence-corrected chi connectivity index (χ3v) is 5.23. The number of benzene rings is 2. The SMILES string of the molecule is CCc1ccc(OCC(=O)N(Cc2ccc(Cl)cc2Cl)[C@@H](C)C(=O)NC(C)C)cc1. The Morgan fingerprint density at radius 3 is 2.30 bits per heavy atom. The number of carbonyl (C=O) groups is 2. The lowest BCUT2D eigenvalue weighted by molar-refractivity contribution is -0.142.